The van der Waals surface area contributed by atoms with Crippen LogP contribution in [0.2, 0.25) is 0 Å². The van der Waals surface area contributed by atoms with Crippen LogP contribution in [0.3, 0.4) is 0 Å². The van der Waals surface area contributed by atoms with E-state index < -0.39 is 0 Å². The Balaban J connectivity index is 0.00000261. The number of hydrogen-bond acceptors (Lipinski definition) is 4. The summed E-state index contributed by atoms with van der Waals surface area (Å²) in [5.41, 5.74) is 2.13. The monoisotopic (exact) mass is 498 g/mol. The Kier molecular flexibility index (Phi) is 8.99. The number of aromatic nitrogens is 3. The van der Waals surface area contributed by atoms with Gasteiger partial charge in [-0.1, -0.05) is 19.1 Å². The Morgan fingerprint density at radius 3 is 2.81 bits per heavy atom. The number of nitrogens with zero attached hydrogens (tertiary/aromatic N) is 3. The highest BCUT2D eigenvalue weighted by molar-refractivity contribution is 14.0. The molecule has 0 aliphatic heterocycles. The van der Waals surface area contributed by atoms with E-state index in [0.29, 0.717) is 6.54 Å². The number of benzene rings is 1. The molecule has 0 fully saturated rings. The maximum absolute atomic E-state index is 4.63. The third-order valence-corrected chi connectivity index (χ3v) is 5.11. The zero-order chi connectivity index (χ0) is 18.2. The molecule has 2 aromatic heterocycles. The normalized spacial score (nSPS) is 11.4. The summed E-state index contributed by atoms with van der Waals surface area (Å²) >= 11 is 1.73. The predicted octanol–water partition coefficient (Wildman–Crippen LogP) is 3.89. The number of para-hydroxylation sites is 2. The van der Waals surface area contributed by atoms with E-state index in [1.807, 2.05) is 24.4 Å². The van der Waals surface area contributed by atoms with Crippen LogP contribution < -0.4 is 10.6 Å². The molecule has 0 saturated heterocycles. The number of imidazole rings is 1. The molecular weight excluding hydrogens is 471 g/mol. The van der Waals surface area contributed by atoms with Crippen molar-refractivity contribution in [2.45, 2.75) is 39.7 Å². The van der Waals surface area contributed by atoms with Crippen molar-refractivity contribution in [1.29, 1.82) is 0 Å². The lowest BCUT2D eigenvalue weighted by Crippen LogP contribution is -2.37. The van der Waals surface area contributed by atoms with Gasteiger partial charge in [0.05, 0.1) is 17.6 Å². The molecule has 0 radical (unpaired) electrons. The average Bonchev–Trinajstić information content (AvgIpc) is 3.29. The lowest BCUT2D eigenvalue weighted by Gasteiger charge is -2.10. The number of H-pyrrole nitrogens is 1. The molecule has 146 valence electrons. The number of aryl methyl sites for hydroxylation is 2. The van der Waals surface area contributed by atoms with Gasteiger partial charge in [-0.3, -0.25) is 0 Å². The van der Waals surface area contributed by atoms with Crippen LogP contribution in [0.5, 0.6) is 0 Å². The predicted molar refractivity (Wildman–Crippen MR) is 124 cm³/mol. The van der Waals surface area contributed by atoms with Crippen LogP contribution in [-0.4, -0.2) is 34.0 Å². The van der Waals surface area contributed by atoms with E-state index in [-0.39, 0.29) is 24.0 Å². The minimum Gasteiger partial charge on any atom is -0.357 e. The van der Waals surface area contributed by atoms with Gasteiger partial charge in [0.15, 0.2) is 5.96 Å². The summed E-state index contributed by atoms with van der Waals surface area (Å²) in [6.45, 7) is 6.52. The van der Waals surface area contributed by atoms with E-state index in [2.05, 4.69) is 50.5 Å². The molecule has 0 bridgehead atoms. The van der Waals surface area contributed by atoms with Crippen molar-refractivity contribution in [2.75, 3.05) is 13.1 Å². The summed E-state index contributed by atoms with van der Waals surface area (Å²) in [5, 5.41) is 7.73. The maximum atomic E-state index is 4.63. The highest BCUT2D eigenvalue weighted by Crippen LogP contribution is 2.14. The molecule has 0 amide bonds. The van der Waals surface area contributed by atoms with Crippen LogP contribution in [0.15, 0.2) is 35.5 Å². The fourth-order valence-corrected chi connectivity index (χ4v) is 3.45. The van der Waals surface area contributed by atoms with Crippen LogP contribution in [0.1, 0.15) is 36.0 Å². The Morgan fingerprint density at radius 1 is 1.22 bits per heavy atom. The molecule has 8 heteroatoms. The zero-order valence-electron chi connectivity index (χ0n) is 15.8. The van der Waals surface area contributed by atoms with Gasteiger partial charge in [-0.2, -0.15) is 0 Å². The summed E-state index contributed by atoms with van der Waals surface area (Å²) < 4.78 is 0. The van der Waals surface area contributed by atoms with Crippen LogP contribution in [0.4, 0.5) is 0 Å². The van der Waals surface area contributed by atoms with Crippen molar-refractivity contribution in [3.8, 4) is 0 Å². The first-order valence-corrected chi connectivity index (χ1v) is 9.99. The molecule has 0 saturated carbocycles. The first-order chi connectivity index (χ1) is 12.8. The van der Waals surface area contributed by atoms with Gasteiger partial charge in [0.25, 0.3) is 0 Å². The fourth-order valence-electron chi connectivity index (χ4n) is 2.66. The second-order valence-corrected chi connectivity index (χ2v) is 7.20. The molecule has 0 spiro atoms. The SMILES string of the molecule is CCNC(=NCc1ncc(CC)s1)NCCCc1nc2ccccc2[nH]1.I. The van der Waals surface area contributed by atoms with Crippen molar-refractivity contribution in [2.24, 2.45) is 4.99 Å². The van der Waals surface area contributed by atoms with Gasteiger partial charge in [-0.05, 0) is 31.9 Å². The molecule has 3 rings (SSSR count). The maximum Gasteiger partial charge on any atom is 0.191 e. The van der Waals surface area contributed by atoms with Gasteiger partial charge < -0.3 is 15.6 Å². The van der Waals surface area contributed by atoms with Crippen molar-refractivity contribution in [3.05, 3.63) is 46.2 Å². The molecule has 0 atom stereocenters. The highest BCUT2D eigenvalue weighted by atomic mass is 127. The topological polar surface area (TPSA) is 78.0 Å². The standard InChI is InChI=1S/C19H26N6S.HI/c1-3-14-12-22-18(26-14)13-23-19(20-4-2)21-11-7-10-17-24-15-8-5-6-9-16(15)25-17;/h5-6,8-9,12H,3-4,7,10-11,13H2,1-2H3,(H,24,25)(H2,20,21,23);1H. The number of rotatable bonds is 8. The number of hydrogen-bond donors (Lipinski definition) is 3. The van der Waals surface area contributed by atoms with Gasteiger partial charge >= 0.3 is 0 Å². The van der Waals surface area contributed by atoms with E-state index in [1.165, 1.54) is 4.88 Å². The summed E-state index contributed by atoms with van der Waals surface area (Å²) in [7, 11) is 0. The minimum atomic E-state index is 0. The van der Waals surface area contributed by atoms with Crippen molar-refractivity contribution in [3.63, 3.8) is 0 Å². The number of nitrogens with one attached hydrogen (secondary N) is 3. The number of aliphatic imine (C=N–C) groups is 1. The van der Waals surface area contributed by atoms with E-state index >= 15 is 0 Å². The van der Waals surface area contributed by atoms with E-state index in [0.717, 1.165) is 60.2 Å². The van der Waals surface area contributed by atoms with Crippen molar-refractivity contribution < 1.29 is 0 Å². The third kappa shape index (κ3) is 6.46. The number of halogens is 1. The molecule has 0 aliphatic rings. The lowest BCUT2D eigenvalue weighted by molar-refractivity contribution is 0.727. The first kappa shape index (κ1) is 21.6. The highest BCUT2D eigenvalue weighted by Gasteiger charge is 2.04. The molecule has 0 aliphatic carbocycles. The number of aromatic amines is 1. The van der Waals surface area contributed by atoms with Gasteiger partial charge in [0.1, 0.15) is 10.8 Å². The van der Waals surface area contributed by atoms with Crippen LogP contribution >= 0.6 is 35.3 Å². The number of thiazole rings is 1. The average molecular weight is 498 g/mol. The van der Waals surface area contributed by atoms with E-state index in [9.17, 15) is 0 Å². The van der Waals surface area contributed by atoms with Crippen LogP contribution in [-0.2, 0) is 19.4 Å². The van der Waals surface area contributed by atoms with Crippen molar-refractivity contribution >= 4 is 52.3 Å². The van der Waals surface area contributed by atoms with Gasteiger partial charge in [-0.15, -0.1) is 35.3 Å². The molecule has 6 nitrogen and oxygen atoms in total. The third-order valence-electron chi connectivity index (χ3n) is 3.99. The minimum absolute atomic E-state index is 0. The number of guanidine groups is 1. The van der Waals surface area contributed by atoms with E-state index in [4.69, 9.17) is 0 Å². The Morgan fingerprint density at radius 2 is 2.07 bits per heavy atom. The summed E-state index contributed by atoms with van der Waals surface area (Å²) in [6.07, 6.45) is 4.87. The Labute approximate surface area is 181 Å². The summed E-state index contributed by atoms with van der Waals surface area (Å²) in [5.74, 6) is 1.87. The Hall–Kier alpha value is -1.68. The largest absolute Gasteiger partial charge is 0.357 e. The zero-order valence-corrected chi connectivity index (χ0v) is 18.9. The first-order valence-electron chi connectivity index (χ1n) is 9.18. The summed E-state index contributed by atoms with van der Waals surface area (Å²) in [4.78, 5) is 18.3. The molecule has 2 heterocycles. The Bertz CT molecular complexity index is 824. The van der Waals surface area contributed by atoms with Gasteiger partial charge in [0, 0.05) is 30.6 Å². The quantitative estimate of drug-likeness (QED) is 0.191. The fraction of sp³-hybridized carbons (Fsp3) is 0.421. The molecule has 3 N–H and O–H groups in total. The smallest absolute Gasteiger partial charge is 0.191 e. The lowest BCUT2D eigenvalue weighted by atomic mass is 10.3. The van der Waals surface area contributed by atoms with Crippen LogP contribution in [0.25, 0.3) is 11.0 Å². The number of fused-ring (bicyclic) bond motifs is 1. The van der Waals surface area contributed by atoms with Crippen LogP contribution in [0, 0.1) is 0 Å². The summed E-state index contributed by atoms with van der Waals surface area (Å²) in [6, 6.07) is 8.13. The van der Waals surface area contributed by atoms with E-state index in [1.54, 1.807) is 11.3 Å². The molecule has 1 aromatic carbocycles. The second kappa shape index (κ2) is 11.2. The molecule has 0 unspecified atom stereocenters. The van der Waals surface area contributed by atoms with Gasteiger partial charge in [-0.25, -0.2) is 15.0 Å². The molecular formula is C19H27IN6S. The second-order valence-electron chi connectivity index (χ2n) is 6.00. The molecule has 3 aromatic rings. The molecule has 27 heavy (non-hydrogen) atoms. The van der Waals surface area contributed by atoms with Crippen molar-refractivity contribution in [1.82, 2.24) is 25.6 Å². The van der Waals surface area contributed by atoms with Gasteiger partial charge in [0.2, 0.25) is 0 Å².